The predicted molar refractivity (Wildman–Crippen MR) is 190 cm³/mol. The summed E-state index contributed by atoms with van der Waals surface area (Å²) in [6.07, 6.45) is 5.28. The molecule has 0 bridgehead atoms. The number of ether oxygens (including phenoxy) is 3. The third-order valence-corrected chi connectivity index (χ3v) is 10.0. The van der Waals surface area contributed by atoms with Crippen molar-refractivity contribution in [3.05, 3.63) is 112 Å². The summed E-state index contributed by atoms with van der Waals surface area (Å²) in [5.41, 5.74) is 9.96. The van der Waals surface area contributed by atoms with Gasteiger partial charge in [-0.25, -0.2) is 34.6 Å². The van der Waals surface area contributed by atoms with Gasteiger partial charge in [0.05, 0.1) is 18.0 Å². The average molecular weight is 744 g/mol. The lowest BCUT2D eigenvalue weighted by Crippen LogP contribution is -2.46. The zero-order valence-electron chi connectivity index (χ0n) is 27.7. The van der Waals surface area contributed by atoms with Gasteiger partial charge < -0.3 is 24.0 Å². The Bertz CT molecular complexity index is 1940. The molecule has 3 aliphatic rings. The van der Waals surface area contributed by atoms with E-state index in [0.717, 1.165) is 65.4 Å². The molecule has 0 unspecified atom stereocenters. The number of rotatable bonds is 12. The van der Waals surface area contributed by atoms with Crippen LogP contribution in [0.2, 0.25) is 0 Å². The van der Waals surface area contributed by atoms with Crippen LogP contribution in [0.15, 0.2) is 101 Å². The smallest absolute Gasteiger partial charge is 0.350 e. The van der Waals surface area contributed by atoms with Crippen molar-refractivity contribution in [2.24, 2.45) is 0 Å². The van der Waals surface area contributed by atoms with E-state index in [1.165, 1.54) is 11.0 Å². The van der Waals surface area contributed by atoms with E-state index in [1.54, 1.807) is 21.9 Å². The maximum Gasteiger partial charge on any atom is 0.350 e. The lowest BCUT2D eigenvalue weighted by Gasteiger charge is -2.37. The third kappa shape index (κ3) is 7.04. The number of piperazine rings is 1. The molecule has 2 atom stereocenters. The van der Waals surface area contributed by atoms with E-state index >= 15 is 0 Å². The highest BCUT2D eigenvalue weighted by Gasteiger charge is 2.44. The van der Waals surface area contributed by atoms with Crippen LogP contribution >= 0.6 is 15.9 Å². The highest BCUT2D eigenvalue weighted by atomic mass is 79.9. The number of aryl methyl sites for hydroxylation is 1. The standard InChI is InChI=1S/C35H39BrN10O4/c1-34(40-41-34)14-15-46-33(47)45(25-39-46)30-8-6-28(7-9-30)42-16-18-43(19-17-42)29-10-12-31(13-11-29)48-20-32-21-49-35(50-32,22-44-24-37-23-38-44)26-2-4-27(36)5-3-26/h2-13,23-25,32,40-41H,14-22H2,1H3/t32-,35-/m1/s1. The van der Waals surface area contributed by atoms with E-state index in [0.29, 0.717) is 26.3 Å². The Labute approximate surface area is 297 Å². The molecule has 8 rings (SSSR count). The number of nitrogens with zero attached hydrogens (tertiary/aromatic N) is 8. The molecule has 0 radical (unpaired) electrons. The zero-order valence-corrected chi connectivity index (χ0v) is 29.3. The van der Waals surface area contributed by atoms with Crippen LogP contribution < -0.4 is 31.1 Å². The van der Waals surface area contributed by atoms with Gasteiger partial charge >= 0.3 is 5.69 Å². The SMILES string of the molecule is CC1(CCn2ncn(-c3ccc(N4CCN(c5ccc(OC[C@@H]6CO[C@@](Cn7cncn7)(c7ccc(Br)cc7)O6)cc5)CC4)cc3)c2=O)NN1. The first-order chi connectivity index (χ1) is 24.3. The van der Waals surface area contributed by atoms with Gasteiger partial charge in [0.25, 0.3) is 0 Å². The van der Waals surface area contributed by atoms with E-state index in [-0.39, 0.29) is 17.5 Å². The zero-order chi connectivity index (χ0) is 34.1. The molecule has 3 saturated heterocycles. The molecule has 5 heterocycles. The second-order valence-electron chi connectivity index (χ2n) is 13.0. The largest absolute Gasteiger partial charge is 0.491 e. The molecule has 0 aliphatic carbocycles. The minimum absolute atomic E-state index is 0.106. The van der Waals surface area contributed by atoms with Gasteiger partial charge in [0.15, 0.2) is 0 Å². The highest BCUT2D eigenvalue weighted by molar-refractivity contribution is 9.10. The van der Waals surface area contributed by atoms with Gasteiger partial charge in [-0.2, -0.15) is 10.2 Å². The molecule has 3 aliphatic heterocycles. The molecular weight excluding hydrogens is 704 g/mol. The lowest BCUT2D eigenvalue weighted by atomic mass is 10.1. The first kappa shape index (κ1) is 32.7. The van der Waals surface area contributed by atoms with Crippen LogP contribution in [0.4, 0.5) is 11.4 Å². The van der Waals surface area contributed by atoms with Crippen LogP contribution in [0.25, 0.3) is 5.69 Å². The number of hydrogen-bond acceptors (Lipinski definition) is 11. The number of aromatic nitrogens is 6. The minimum atomic E-state index is -0.982. The molecule has 0 saturated carbocycles. The van der Waals surface area contributed by atoms with Gasteiger partial charge in [-0.3, -0.25) is 0 Å². The number of anilines is 2. The summed E-state index contributed by atoms with van der Waals surface area (Å²) in [4.78, 5) is 21.7. The molecule has 260 valence electrons. The molecule has 0 spiro atoms. The van der Waals surface area contributed by atoms with Gasteiger partial charge in [0, 0.05) is 60.6 Å². The van der Waals surface area contributed by atoms with Crippen molar-refractivity contribution < 1.29 is 14.2 Å². The summed E-state index contributed by atoms with van der Waals surface area (Å²) in [5.74, 6) is -0.200. The van der Waals surface area contributed by atoms with Crippen LogP contribution in [0.1, 0.15) is 18.9 Å². The topological polar surface area (TPSA) is 149 Å². The van der Waals surface area contributed by atoms with Gasteiger partial charge in [-0.15, -0.1) is 0 Å². The van der Waals surface area contributed by atoms with Crippen LogP contribution in [-0.2, 0) is 28.4 Å². The lowest BCUT2D eigenvalue weighted by molar-refractivity contribution is -0.190. The van der Waals surface area contributed by atoms with Crippen LogP contribution in [0.5, 0.6) is 5.75 Å². The molecule has 2 N–H and O–H groups in total. The molecule has 5 aromatic rings. The van der Waals surface area contributed by atoms with Gasteiger partial charge in [-0.05, 0) is 67.6 Å². The first-order valence-electron chi connectivity index (χ1n) is 16.8. The quantitative estimate of drug-likeness (QED) is 0.182. The Morgan fingerprint density at radius 2 is 1.54 bits per heavy atom. The van der Waals surface area contributed by atoms with Crippen molar-refractivity contribution in [3.63, 3.8) is 0 Å². The fourth-order valence-electron chi connectivity index (χ4n) is 6.42. The highest BCUT2D eigenvalue weighted by Crippen LogP contribution is 2.37. The van der Waals surface area contributed by atoms with E-state index in [2.05, 4.69) is 83.0 Å². The normalized spacial score (nSPS) is 21.4. The van der Waals surface area contributed by atoms with Crippen molar-refractivity contribution in [2.75, 3.05) is 49.2 Å². The Morgan fingerprint density at radius 3 is 2.18 bits per heavy atom. The Morgan fingerprint density at radius 1 is 0.880 bits per heavy atom. The summed E-state index contributed by atoms with van der Waals surface area (Å²) in [7, 11) is 0. The molecule has 3 aromatic carbocycles. The maximum atomic E-state index is 12.9. The summed E-state index contributed by atoms with van der Waals surface area (Å²) in [5, 5.41) is 8.57. The summed E-state index contributed by atoms with van der Waals surface area (Å²) >= 11 is 3.51. The molecule has 0 amide bonds. The number of nitrogens with one attached hydrogen (secondary N) is 2. The summed E-state index contributed by atoms with van der Waals surface area (Å²) < 4.78 is 24.8. The first-order valence-corrected chi connectivity index (χ1v) is 17.6. The predicted octanol–water partition coefficient (Wildman–Crippen LogP) is 3.28. The summed E-state index contributed by atoms with van der Waals surface area (Å²) in [6.45, 7) is 7.32. The number of benzene rings is 3. The van der Waals surface area contributed by atoms with E-state index in [1.807, 2.05) is 48.5 Å². The van der Waals surface area contributed by atoms with Crippen LogP contribution in [0, 0.1) is 0 Å². The van der Waals surface area contributed by atoms with Crippen molar-refractivity contribution in [1.82, 2.24) is 40.0 Å². The molecular formula is C35H39BrN10O4. The van der Waals surface area contributed by atoms with Gasteiger partial charge in [0.2, 0.25) is 5.79 Å². The number of hydrogen-bond donors (Lipinski definition) is 2. The maximum absolute atomic E-state index is 12.9. The van der Waals surface area contributed by atoms with Crippen molar-refractivity contribution in [1.29, 1.82) is 0 Å². The van der Waals surface area contributed by atoms with E-state index in [4.69, 9.17) is 14.2 Å². The summed E-state index contributed by atoms with van der Waals surface area (Å²) in [6, 6.07) is 24.3. The molecule has 3 fully saturated rings. The van der Waals surface area contributed by atoms with Crippen LogP contribution in [0.3, 0.4) is 0 Å². The monoisotopic (exact) mass is 742 g/mol. The fourth-order valence-corrected chi connectivity index (χ4v) is 6.69. The average Bonchev–Trinajstić information content (AvgIpc) is 3.47. The van der Waals surface area contributed by atoms with Gasteiger partial charge in [-0.1, -0.05) is 28.1 Å². The Hall–Kier alpha value is -4.54. The molecule has 15 heteroatoms. The molecule has 2 aromatic heterocycles. The molecule has 14 nitrogen and oxygen atoms in total. The second-order valence-corrected chi connectivity index (χ2v) is 14.0. The van der Waals surface area contributed by atoms with Gasteiger partial charge in [0.1, 0.15) is 44.0 Å². The number of halogens is 1. The van der Waals surface area contributed by atoms with E-state index < -0.39 is 5.79 Å². The Kier molecular flexibility index (Phi) is 8.91. The molecule has 50 heavy (non-hydrogen) atoms. The van der Waals surface area contributed by atoms with Crippen LogP contribution in [-0.4, -0.2) is 80.3 Å². The fraction of sp³-hybridized carbons (Fsp3) is 0.371. The second kappa shape index (κ2) is 13.6. The Balaban J connectivity index is 0.827. The third-order valence-electron chi connectivity index (χ3n) is 9.50. The van der Waals surface area contributed by atoms with E-state index in [9.17, 15) is 4.79 Å². The number of hydrazine groups is 1. The van der Waals surface area contributed by atoms with Crippen molar-refractivity contribution in [2.45, 2.75) is 44.0 Å². The minimum Gasteiger partial charge on any atom is -0.491 e. The van der Waals surface area contributed by atoms with Crippen molar-refractivity contribution >= 4 is 27.3 Å². The van der Waals surface area contributed by atoms with Crippen molar-refractivity contribution in [3.8, 4) is 11.4 Å².